The van der Waals surface area contributed by atoms with Gasteiger partial charge in [0.25, 0.3) is 0 Å². The predicted molar refractivity (Wildman–Crippen MR) is 92.1 cm³/mol. The summed E-state index contributed by atoms with van der Waals surface area (Å²) in [5, 5.41) is 3.67. The lowest BCUT2D eigenvalue weighted by Crippen LogP contribution is -2.48. The van der Waals surface area contributed by atoms with Crippen molar-refractivity contribution in [3.8, 4) is 0 Å². The lowest BCUT2D eigenvalue weighted by molar-refractivity contribution is 0.0117. The predicted octanol–water partition coefficient (Wildman–Crippen LogP) is 4.05. The summed E-state index contributed by atoms with van der Waals surface area (Å²) in [6.07, 6.45) is 3.11. The molecule has 0 aliphatic carbocycles. The Morgan fingerprint density at radius 2 is 1.77 bits per heavy atom. The molecule has 4 nitrogen and oxygen atoms in total. The Morgan fingerprint density at radius 1 is 1.23 bits per heavy atom. The van der Waals surface area contributed by atoms with Gasteiger partial charge in [-0.25, -0.2) is 4.79 Å². The lowest BCUT2D eigenvalue weighted by Gasteiger charge is -2.40. The van der Waals surface area contributed by atoms with Crippen molar-refractivity contribution < 1.29 is 9.53 Å². The Kier molecular flexibility index (Phi) is 6.72. The van der Waals surface area contributed by atoms with Crippen LogP contribution < -0.4 is 5.32 Å². The fraction of sp³-hybridized carbons (Fsp3) is 0.944. The van der Waals surface area contributed by atoms with Crippen molar-refractivity contribution in [2.24, 2.45) is 11.3 Å². The summed E-state index contributed by atoms with van der Waals surface area (Å²) in [7, 11) is 0. The van der Waals surface area contributed by atoms with E-state index in [4.69, 9.17) is 4.74 Å². The normalized spacial score (nSPS) is 20.1. The molecule has 0 spiro atoms. The Balaban J connectivity index is 2.38. The van der Waals surface area contributed by atoms with Crippen molar-refractivity contribution in [2.45, 2.75) is 79.4 Å². The van der Waals surface area contributed by atoms with Crippen molar-refractivity contribution in [1.29, 1.82) is 0 Å². The SMILES string of the molecule is CC(C)CC(C)NCC1(C)CCN(C(=O)OC(C)(C)C)CC1. The summed E-state index contributed by atoms with van der Waals surface area (Å²) in [6, 6.07) is 0.556. The average Bonchev–Trinajstić information content (AvgIpc) is 2.34. The molecule has 0 saturated carbocycles. The summed E-state index contributed by atoms with van der Waals surface area (Å²) >= 11 is 0. The lowest BCUT2D eigenvalue weighted by atomic mass is 9.80. The molecule has 4 heteroatoms. The molecule has 130 valence electrons. The number of carbonyl (C=O) groups is 1. The van der Waals surface area contributed by atoms with Gasteiger partial charge in [-0.05, 0) is 58.3 Å². The van der Waals surface area contributed by atoms with Crippen LogP contribution in [-0.4, -0.2) is 42.3 Å². The maximum Gasteiger partial charge on any atom is 0.410 e. The Morgan fingerprint density at radius 3 is 2.23 bits per heavy atom. The first-order valence-electron chi connectivity index (χ1n) is 8.72. The molecule has 0 aromatic rings. The number of hydrogen-bond acceptors (Lipinski definition) is 3. The van der Waals surface area contributed by atoms with Crippen LogP contribution in [0.1, 0.15) is 67.7 Å². The molecule has 1 aliphatic rings. The van der Waals surface area contributed by atoms with E-state index in [1.165, 1.54) is 6.42 Å². The Bertz CT molecular complexity index is 353. The highest BCUT2D eigenvalue weighted by Crippen LogP contribution is 2.31. The molecule has 1 rings (SSSR count). The van der Waals surface area contributed by atoms with E-state index in [0.29, 0.717) is 6.04 Å². The summed E-state index contributed by atoms with van der Waals surface area (Å²) < 4.78 is 5.46. The van der Waals surface area contributed by atoms with E-state index in [0.717, 1.165) is 38.4 Å². The number of nitrogens with one attached hydrogen (secondary N) is 1. The Labute approximate surface area is 137 Å². The third-order valence-electron chi connectivity index (χ3n) is 4.32. The second kappa shape index (κ2) is 7.67. The molecule has 0 aromatic carbocycles. The highest BCUT2D eigenvalue weighted by atomic mass is 16.6. The molecule has 1 unspecified atom stereocenters. The van der Waals surface area contributed by atoms with Gasteiger partial charge < -0.3 is 15.0 Å². The summed E-state index contributed by atoms with van der Waals surface area (Å²) in [5.74, 6) is 0.726. The number of amides is 1. The first-order valence-corrected chi connectivity index (χ1v) is 8.72. The van der Waals surface area contributed by atoms with Crippen LogP contribution >= 0.6 is 0 Å². The maximum atomic E-state index is 12.1. The van der Waals surface area contributed by atoms with Gasteiger partial charge in [0.15, 0.2) is 0 Å². The summed E-state index contributed by atoms with van der Waals surface area (Å²) in [6.45, 7) is 17.5. The fourth-order valence-electron chi connectivity index (χ4n) is 2.94. The van der Waals surface area contributed by atoms with Crippen LogP contribution in [0.25, 0.3) is 0 Å². The number of piperidine rings is 1. The smallest absolute Gasteiger partial charge is 0.410 e. The van der Waals surface area contributed by atoms with Gasteiger partial charge >= 0.3 is 6.09 Å². The average molecular weight is 312 g/mol. The molecule has 1 saturated heterocycles. The molecule has 1 heterocycles. The second-order valence-electron chi connectivity index (χ2n) is 8.69. The van der Waals surface area contributed by atoms with Crippen LogP contribution in [0.3, 0.4) is 0 Å². The molecule has 1 aliphatic heterocycles. The van der Waals surface area contributed by atoms with Gasteiger partial charge in [0, 0.05) is 25.7 Å². The molecule has 1 fully saturated rings. The van der Waals surface area contributed by atoms with Crippen molar-refractivity contribution in [2.75, 3.05) is 19.6 Å². The van der Waals surface area contributed by atoms with Crippen LogP contribution in [0.15, 0.2) is 0 Å². The number of nitrogens with zero attached hydrogens (tertiary/aromatic N) is 1. The zero-order valence-electron chi connectivity index (χ0n) is 15.7. The second-order valence-corrected chi connectivity index (χ2v) is 8.69. The number of rotatable bonds is 5. The van der Waals surface area contributed by atoms with Gasteiger partial charge in [0.1, 0.15) is 5.60 Å². The minimum atomic E-state index is -0.411. The van der Waals surface area contributed by atoms with Crippen LogP contribution in [0.2, 0.25) is 0 Å². The molecule has 0 bridgehead atoms. The zero-order valence-corrected chi connectivity index (χ0v) is 15.7. The van der Waals surface area contributed by atoms with Crippen LogP contribution in [0, 0.1) is 11.3 Å². The molecule has 0 aromatic heterocycles. The minimum absolute atomic E-state index is 0.171. The third kappa shape index (κ3) is 6.99. The number of ether oxygens (including phenoxy) is 1. The van der Waals surface area contributed by atoms with E-state index in [-0.39, 0.29) is 11.5 Å². The molecule has 1 amide bonds. The Hall–Kier alpha value is -0.770. The van der Waals surface area contributed by atoms with Crippen molar-refractivity contribution in [3.05, 3.63) is 0 Å². The van der Waals surface area contributed by atoms with E-state index >= 15 is 0 Å². The molecule has 1 N–H and O–H groups in total. The van der Waals surface area contributed by atoms with Crippen molar-refractivity contribution in [3.63, 3.8) is 0 Å². The minimum Gasteiger partial charge on any atom is -0.444 e. The molecular formula is C18H36N2O2. The van der Waals surface area contributed by atoms with Crippen LogP contribution in [0.5, 0.6) is 0 Å². The van der Waals surface area contributed by atoms with Crippen LogP contribution in [-0.2, 0) is 4.74 Å². The van der Waals surface area contributed by atoms with Crippen molar-refractivity contribution in [1.82, 2.24) is 10.2 Å². The van der Waals surface area contributed by atoms with Gasteiger partial charge in [0.2, 0.25) is 0 Å². The monoisotopic (exact) mass is 312 g/mol. The fourth-order valence-corrected chi connectivity index (χ4v) is 2.94. The maximum absolute atomic E-state index is 12.1. The molecular weight excluding hydrogens is 276 g/mol. The molecule has 0 radical (unpaired) electrons. The number of hydrogen-bond donors (Lipinski definition) is 1. The van der Waals surface area contributed by atoms with Gasteiger partial charge in [-0.15, -0.1) is 0 Å². The topological polar surface area (TPSA) is 41.6 Å². The van der Waals surface area contributed by atoms with Gasteiger partial charge in [0.05, 0.1) is 0 Å². The number of likely N-dealkylation sites (tertiary alicyclic amines) is 1. The van der Waals surface area contributed by atoms with E-state index in [2.05, 4.69) is 33.0 Å². The van der Waals surface area contributed by atoms with Crippen LogP contribution in [0.4, 0.5) is 4.79 Å². The van der Waals surface area contributed by atoms with Gasteiger partial charge in [-0.2, -0.15) is 0 Å². The van der Waals surface area contributed by atoms with E-state index in [9.17, 15) is 4.79 Å². The summed E-state index contributed by atoms with van der Waals surface area (Å²) in [4.78, 5) is 14.0. The summed E-state index contributed by atoms with van der Waals surface area (Å²) in [5.41, 5.74) is -0.130. The standard InChI is InChI=1S/C18H36N2O2/c1-14(2)12-15(3)19-13-18(7)8-10-20(11-9-18)16(21)22-17(4,5)6/h14-15,19H,8-13H2,1-7H3. The highest BCUT2D eigenvalue weighted by molar-refractivity contribution is 5.68. The third-order valence-corrected chi connectivity index (χ3v) is 4.32. The van der Waals surface area contributed by atoms with Gasteiger partial charge in [-0.3, -0.25) is 0 Å². The quantitative estimate of drug-likeness (QED) is 0.832. The van der Waals surface area contributed by atoms with E-state index in [1.54, 1.807) is 0 Å². The van der Waals surface area contributed by atoms with Crippen molar-refractivity contribution >= 4 is 6.09 Å². The van der Waals surface area contributed by atoms with E-state index in [1.807, 2.05) is 25.7 Å². The largest absolute Gasteiger partial charge is 0.444 e. The zero-order chi connectivity index (χ0) is 17.0. The van der Waals surface area contributed by atoms with Gasteiger partial charge in [-0.1, -0.05) is 20.8 Å². The molecule has 22 heavy (non-hydrogen) atoms. The number of carbonyl (C=O) groups excluding carboxylic acids is 1. The van der Waals surface area contributed by atoms with E-state index < -0.39 is 5.60 Å². The first kappa shape index (κ1) is 19.3. The molecule has 1 atom stereocenters. The highest BCUT2D eigenvalue weighted by Gasteiger charge is 2.33. The first-order chi connectivity index (χ1) is 10.0.